The summed E-state index contributed by atoms with van der Waals surface area (Å²) in [4.78, 5) is 14.3. The zero-order chi connectivity index (χ0) is 14.8. The van der Waals surface area contributed by atoms with E-state index in [1.807, 2.05) is 32.6 Å². The highest BCUT2D eigenvalue weighted by Gasteiger charge is 2.44. The summed E-state index contributed by atoms with van der Waals surface area (Å²) in [6.07, 6.45) is 5.51. The Labute approximate surface area is 122 Å². The molecule has 0 spiro atoms. The molecular weight excluding hydrogens is 254 g/mol. The van der Waals surface area contributed by atoms with Crippen LogP contribution >= 0.6 is 0 Å². The van der Waals surface area contributed by atoms with E-state index < -0.39 is 5.60 Å². The molecule has 2 aliphatic rings. The van der Waals surface area contributed by atoms with Crippen molar-refractivity contribution in [2.24, 2.45) is 5.92 Å². The minimum Gasteiger partial charge on any atom is -0.444 e. The normalized spacial score (nSPS) is 29.6. The Hall–Kier alpha value is -0.770. The van der Waals surface area contributed by atoms with Gasteiger partial charge in [-0.25, -0.2) is 4.79 Å². The SMILES string of the molecule is CCOCCC1C[C@H]2CC[C@@H](C1)N2C(=O)OC(C)(C)C. The third-order valence-corrected chi connectivity index (χ3v) is 4.31. The van der Waals surface area contributed by atoms with E-state index in [0.29, 0.717) is 18.0 Å². The van der Waals surface area contributed by atoms with Crippen molar-refractivity contribution in [2.75, 3.05) is 13.2 Å². The number of piperidine rings is 1. The average Bonchev–Trinajstić information content (AvgIpc) is 2.60. The van der Waals surface area contributed by atoms with E-state index in [9.17, 15) is 4.79 Å². The van der Waals surface area contributed by atoms with E-state index >= 15 is 0 Å². The number of ether oxygens (including phenoxy) is 2. The molecule has 2 fully saturated rings. The van der Waals surface area contributed by atoms with Gasteiger partial charge >= 0.3 is 6.09 Å². The molecule has 0 aromatic carbocycles. The van der Waals surface area contributed by atoms with Crippen molar-refractivity contribution in [1.82, 2.24) is 4.90 Å². The van der Waals surface area contributed by atoms with Crippen LogP contribution in [-0.2, 0) is 9.47 Å². The molecule has 2 bridgehead atoms. The molecule has 4 heteroatoms. The van der Waals surface area contributed by atoms with Crippen LogP contribution in [0, 0.1) is 5.92 Å². The molecule has 1 amide bonds. The fourth-order valence-corrected chi connectivity index (χ4v) is 3.53. The van der Waals surface area contributed by atoms with Crippen LogP contribution in [0.25, 0.3) is 0 Å². The van der Waals surface area contributed by atoms with Crippen molar-refractivity contribution >= 4 is 6.09 Å². The Morgan fingerprint density at radius 2 is 1.80 bits per heavy atom. The molecule has 0 radical (unpaired) electrons. The van der Waals surface area contributed by atoms with Crippen LogP contribution in [0.5, 0.6) is 0 Å². The van der Waals surface area contributed by atoms with Gasteiger partial charge < -0.3 is 14.4 Å². The zero-order valence-corrected chi connectivity index (χ0v) is 13.4. The van der Waals surface area contributed by atoms with E-state index in [4.69, 9.17) is 9.47 Å². The first-order valence-corrected chi connectivity index (χ1v) is 7.99. The monoisotopic (exact) mass is 283 g/mol. The molecule has 2 aliphatic heterocycles. The number of hydrogen-bond acceptors (Lipinski definition) is 3. The summed E-state index contributed by atoms with van der Waals surface area (Å²) in [5.74, 6) is 0.706. The molecule has 1 unspecified atom stereocenters. The molecule has 2 rings (SSSR count). The third kappa shape index (κ3) is 3.87. The van der Waals surface area contributed by atoms with Crippen molar-refractivity contribution in [3.8, 4) is 0 Å². The summed E-state index contributed by atoms with van der Waals surface area (Å²) < 4.78 is 11.0. The number of carbonyl (C=O) groups excluding carboxylic acids is 1. The molecule has 2 saturated heterocycles. The van der Waals surface area contributed by atoms with Crippen molar-refractivity contribution < 1.29 is 14.3 Å². The first kappa shape index (κ1) is 15.6. The largest absolute Gasteiger partial charge is 0.444 e. The van der Waals surface area contributed by atoms with Gasteiger partial charge in [-0.15, -0.1) is 0 Å². The standard InChI is InChI=1S/C16H29NO3/c1-5-19-9-8-12-10-13-6-7-14(11-12)17(13)15(18)20-16(2,3)4/h12-14H,5-11H2,1-4H3/t12?,13-,14+. The van der Waals surface area contributed by atoms with Crippen molar-refractivity contribution in [1.29, 1.82) is 0 Å². The van der Waals surface area contributed by atoms with Crippen LogP contribution in [0.15, 0.2) is 0 Å². The lowest BCUT2D eigenvalue weighted by Crippen LogP contribution is -2.48. The van der Waals surface area contributed by atoms with E-state index in [2.05, 4.69) is 0 Å². The Kier molecular flexibility index (Phi) is 4.95. The van der Waals surface area contributed by atoms with Crippen LogP contribution in [0.3, 0.4) is 0 Å². The summed E-state index contributed by atoms with van der Waals surface area (Å²) in [5, 5.41) is 0. The second kappa shape index (κ2) is 6.33. The van der Waals surface area contributed by atoms with Gasteiger partial charge in [0.2, 0.25) is 0 Å². The van der Waals surface area contributed by atoms with E-state index in [-0.39, 0.29) is 6.09 Å². The average molecular weight is 283 g/mol. The molecule has 0 aliphatic carbocycles. The van der Waals surface area contributed by atoms with Crippen molar-refractivity contribution in [2.45, 2.75) is 77.5 Å². The van der Waals surface area contributed by atoms with E-state index in [1.54, 1.807) is 0 Å². The predicted octanol–water partition coefficient (Wildman–Crippen LogP) is 3.59. The lowest BCUT2D eigenvalue weighted by molar-refractivity contribution is -0.000220. The van der Waals surface area contributed by atoms with Gasteiger partial charge in [0.15, 0.2) is 0 Å². The van der Waals surface area contributed by atoms with Crippen LogP contribution in [0.4, 0.5) is 4.79 Å². The van der Waals surface area contributed by atoms with Gasteiger partial charge in [0, 0.05) is 25.3 Å². The predicted molar refractivity (Wildman–Crippen MR) is 78.7 cm³/mol. The summed E-state index contributed by atoms with van der Waals surface area (Å²) in [7, 11) is 0. The van der Waals surface area contributed by atoms with Gasteiger partial charge in [-0.1, -0.05) is 0 Å². The highest BCUT2D eigenvalue weighted by atomic mass is 16.6. The second-order valence-electron chi connectivity index (χ2n) is 7.10. The Morgan fingerprint density at radius 1 is 1.20 bits per heavy atom. The van der Waals surface area contributed by atoms with Crippen LogP contribution < -0.4 is 0 Å². The Balaban J connectivity index is 1.88. The fraction of sp³-hybridized carbons (Fsp3) is 0.938. The van der Waals surface area contributed by atoms with Gasteiger partial charge in [0.1, 0.15) is 5.60 Å². The smallest absolute Gasteiger partial charge is 0.410 e. The van der Waals surface area contributed by atoms with Gasteiger partial charge in [-0.2, -0.15) is 0 Å². The van der Waals surface area contributed by atoms with Gasteiger partial charge in [0.25, 0.3) is 0 Å². The molecule has 116 valence electrons. The highest BCUT2D eigenvalue weighted by molar-refractivity contribution is 5.69. The van der Waals surface area contributed by atoms with Gasteiger partial charge in [-0.05, 0) is 65.7 Å². The summed E-state index contributed by atoms with van der Waals surface area (Å²) >= 11 is 0. The molecule has 0 aromatic rings. The number of carbonyl (C=O) groups is 1. The van der Waals surface area contributed by atoms with Crippen LogP contribution in [0.2, 0.25) is 0 Å². The molecule has 4 nitrogen and oxygen atoms in total. The van der Waals surface area contributed by atoms with Crippen LogP contribution in [0.1, 0.15) is 59.8 Å². The maximum Gasteiger partial charge on any atom is 0.410 e. The quantitative estimate of drug-likeness (QED) is 0.740. The minimum atomic E-state index is -0.400. The minimum absolute atomic E-state index is 0.117. The van der Waals surface area contributed by atoms with Gasteiger partial charge in [0.05, 0.1) is 0 Å². The number of hydrogen-bond donors (Lipinski definition) is 0. The second-order valence-corrected chi connectivity index (χ2v) is 7.10. The van der Waals surface area contributed by atoms with Gasteiger partial charge in [-0.3, -0.25) is 0 Å². The van der Waals surface area contributed by atoms with Crippen LogP contribution in [-0.4, -0.2) is 41.9 Å². The zero-order valence-electron chi connectivity index (χ0n) is 13.4. The lowest BCUT2D eigenvalue weighted by Gasteiger charge is -2.39. The first-order valence-electron chi connectivity index (χ1n) is 7.99. The number of nitrogens with zero attached hydrogens (tertiary/aromatic N) is 1. The molecule has 2 heterocycles. The Morgan fingerprint density at radius 3 is 2.30 bits per heavy atom. The van der Waals surface area contributed by atoms with E-state index in [0.717, 1.165) is 45.3 Å². The topological polar surface area (TPSA) is 38.8 Å². The maximum atomic E-state index is 12.3. The molecule has 3 atom stereocenters. The summed E-state index contributed by atoms with van der Waals surface area (Å²) in [6.45, 7) is 9.48. The molecule has 0 N–H and O–H groups in total. The lowest BCUT2D eigenvalue weighted by atomic mass is 9.88. The van der Waals surface area contributed by atoms with E-state index in [1.165, 1.54) is 0 Å². The number of rotatable bonds is 4. The number of fused-ring (bicyclic) bond motifs is 2. The first-order chi connectivity index (χ1) is 9.40. The summed E-state index contributed by atoms with van der Waals surface area (Å²) in [5.41, 5.74) is -0.400. The summed E-state index contributed by atoms with van der Waals surface area (Å²) in [6, 6.07) is 0.769. The Bertz CT molecular complexity index is 323. The fourth-order valence-electron chi connectivity index (χ4n) is 3.53. The molecular formula is C16H29NO3. The van der Waals surface area contributed by atoms with Crippen molar-refractivity contribution in [3.05, 3.63) is 0 Å². The number of amides is 1. The maximum absolute atomic E-state index is 12.3. The molecule has 20 heavy (non-hydrogen) atoms. The highest BCUT2D eigenvalue weighted by Crippen LogP contribution is 2.40. The third-order valence-electron chi connectivity index (χ3n) is 4.31. The van der Waals surface area contributed by atoms with Crippen molar-refractivity contribution in [3.63, 3.8) is 0 Å². The molecule has 0 aromatic heterocycles. The molecule has 0 saturated carbocycles.